The Morgan fingerprint density at radius 2 is 1.88 bits per heavy atom. The van der Waals surface area contributed by atoms with Crippen LogP contribution in [-0.2, 0) is 0 Å². The predicted molar refractivity (Wildman–Crippen MR) is 124 cm³/mol. The molecule has 5 nitrogen and oxygen atoms in total. The van der Waals surface area contributed by atoms with Crippen LogP contribution in [0.5, 0.6) is 0 Å². The van der Waals surface area contributed by atoms with Crippen molar-refractivity contribution in [2.24, 2.45) is 16.8 Å². The molecule has 0 amide bonds. The minimum atomic E-state index is 0. The van der Waals surface area contributed by atoms with E-state index in [0.717, 1.165) is 24.3 Å². The number of nitrogens with zero attached hydrogens (tertiary/aromatic N) is 4. The highest BCUT2D eigenvalue weighted by Gasteiger charge is 2.29. The van der Waals surface area contributed by atoms with Crippen molar-refractivity contribution in [1.29, 1.82) is 0 Å². The third kappa shape index (κ3) is 7.50. The molecule has 0 radical (unpaired) electrons. The fourth-order valence-electron chi connectivity index (χ4n) is 4.48. The third-order valence-electron chi connectivity index (χ3n) is 6.20. The number of hydrogen-bond acceptors (Lipinski definition) is 3. The van der Waals surface area contributed by atoms with Gasteiger partial charge in [0.1, 0.15) is 0 Å². The van der Waals surface area contributed by atoms with Crippen LogP contribution in [0.1, 0.15) is 46.0 Å². The van der Waals surface area contributed by atoms with Gasteiger partial charge in [-0.05, 0) is 57.8 Å². The highest BCUT2D eigenvalue weighted by atomic mass is 127. The summed E-state index contributed by atoms with van der Waals surface area (Å²) in [6.07, 6.45) is 6.45. The number of likely N-dealkylation sites (tertiary alicyclic amines) is 1. The number of halogens is 1. The zero-order valence-corrected chi connectivity index (χ0v) is 19.9. The first-order valence-electron chi connectivity index (χ1n) is 10.5. The predicted octanol–water partition coefficient (Wildman–Crippen LogP) is 2.97. The molecule has 0 saturated carbocycles. The van der Waals surface area contributed by atoms with E-state index in [1.807, 2.05) is 7.05 Å². The average molecular weight is 479 g/mol. The quantitative estimate of drug-likeness (QED) is 0.264. The first-order valence-corrected chi connectivity index (χ1v) is 10.5. The molecular weight excluding hydrogens is 437 g/mol. The van der Waals surface area contributed by atoms with Crippen molar-refractivity contribution in [3.63, 3.8) is 0 Å². The summed E-state index contributed by atoms with van der Waals surface area (Å²) in [5, 5.41) is 3.61. The van der Waals surface area contributed by atoms with Gasteiger partial charge in [0.15, 0.2) is 5.96 Å². The van der Waals surface area contributed by atoms with E-state index in [9.17, 15) is 0 Å². The Kier molecular flexibility index (Phi) is 12.1. The fourth-order valence-corrected chi connectivity index (χ4v) is 4.48. The molecule has 0 bridgehead atoms. The summed E-state index contributed by atoms with van der Waals surface area (Å²) in [6.45, 7) is 14.2. The molecule has 2 rings (SSSR count). The van der Waals surface area contributed by atoms with Gasteiger partial charge in [-0.25, -0.2) is 0 Å². The van der Waals surface area contributed by atoms with Crippen LogP contribution in [0.15, 0.2) is 4.99 Å². The van der Waals surface area contributed by atoms with Crippen LogP contribution in [0, 0.1) is 11.8 Å². The highest BCUT2D eigenvalue weighted by Crippen LogP contribution is 2.28. The number of nitrogens with one attached hydrogen (secondary N) is 1. The van der Waals surface area contributed by atoms with E-state index >= 15 is 0 Å². The lowest BCUT2D eigenvalue weighted by Crippen LogP contribution is -2.41. The maximum atomic E-state index is 4.54. The first kappa shape index (κ1) is 24.0. The van der Waals surface area contributed by atoms with Crippen LogP contribution >= 0.6 is 24.0 Å². The Labute approximate surface area is 179 Å². The molecule has 154 valence electrons. The Morgan fingerprint density at radius 3 is 2.58 bits per heavy atom. The second-order valence-corrected chi connectivity index (χ2v) is 7.90. The van der Waals surface area contributed by atoms with Gasteiger partial charge in [-0.15, -0.1) is 24.0 Å². The van der Waals surface area contributed by atoms with Gasteiger partial charge >= 0.3 is 0 Å². The smallest absolute Gasteiger partial charge is 0.193 e. The molecule has 2 aliphatic heterocycles. The lowest BCUT2D eigenvalue weighted by atomic mass is 9.87. The summed E-state index contributed by atoms with van der Waals surface area (Å²) in [4.78, 5) is 12.1. The van der Waals surface area contributed by atoms with Crippen molar-refractivity contribution in [3.05, 3.63) is 0 Å². The molecule has 1 unspecified atom stereocenters. The second-order valence-electron chi connectivity index (χ2n) is 7.90. The van der Waals surface area contributed by atoms with Gasteiger partial charge in [-0.1, -0.05) is 26.7 Å². The molecule has 0 aromatic carbocycles. The van der Waals surface area contributed by atoms with Crippen molar-refractivity contribution in [2.45, 2.75) is 46.0 Å². The Morgan fingerprint density at radius 1 is 1.12 bits per heavy atom. The van der Waals surface area contributed by atoms with E-state index in [-0.39, 0.29) is 24.0 Å². The maximum Gasteiger partial charge on any atom is 0.193 e. The van der Waals surface area contributed by atoms with Crippen molar-refractivity contribution in [1.82, 2.24) is 20.0 Å². The Balaban J connectivity index is 0.00000338. The van der Waals surface area contributed by atoms with Gasteiger partial charge < -0.3 is 20.0 Å². The molecule has 0 aromatic rings. The summed E-state index contributed by atoms with van der Waals surface area (Å²) in [6, 6.07) is 0. The van der Waals surface area contributed by atoms with Crippen LogP contribution < -0.4 is 5.32 Å². The highest BCUT2D eigenvalue weighted by molar-refractivity contribution is 14.0. The zero-order chi connectivity index (χ0) is 18.1. The minimum Gasteiger partial charge on any atom is -0.356 e. The van der Waals surface area contributed by atoms with Gasteiger partial charge in [0.05, 0.1) is 0 Å². The summed E-state index contributed by atoms with van der Waals surface area (Å²) in [5.74, 6) is 2.84. The molecule has 1 N–H and O–H groups in total. The number of hydrogen-bond donors (Lipinski definition) is 1. The molecule has 0 spiro atoms. The molecule has 0 aliphatic carbocycles. The SMILES string of the molecule is CCC(CC)C1CCN(C(=NC)NCCCN2CCCN(C)CC2)C1.I. The molecule has 2 heterocycles. The monoisotopic (exact) mass is 479 g/mol. The van der Waals surface area contributed by atoms with Crippen molar-refractivity contribution < 1.29 is 0 Å². The Bertz CT molecular complexity index is 400. The van der Waals surface area contributed by atoms with Crippen LogP contribution in [-0.4, -0.2) is 87.1 Å². The summed E-state index contributed by atoms with van der Waals surface area (Å²) >= 11 is 0. The molecule has 0 aromatic heterocycles. The molecular formula is C20H42IN5. The molecule has 2 aliphatic rings. The van der Waals surface area contributed by atoms with Crippen molar-refractivity contribution >= 4 is 29.9 Å². The van der Waals surface area contributed by atoms with Gasteiger partial charge in [0.25, 0.3) is 0 Å². The molecule has 26 heavy (non-hydrogen) atoms. The lowest BCUT2D eigenvalue weighted by Gasteiger charge is -2.25. The van der Waals surface area contributed by atoms with E-state index in [2.05, 4.69) is 45.9 Å². The zero-order valence-electron chi connectivity index (χ0n) is 17.5. The van der Waals surface area contributed by atoms with E-state index in [0.29, 0.717) is 0 Å². The summed E-state index contributed by atoms with van der Waals surface area (Å²) in [7, 11) is 4.16. The van der Waals surface area contributed by atoms with Gasteiger partial charge in [-0.2, -0.15) is 0 Å². The molecule has 6 heteroatoms. The van der Waals surface area contributed by atoms with Crippen molar-refractivity contribution in [3.8, 4) is 0 Å². The van der Waals surface area contributed by atoms with E-state index in [1.54, 1.807) is 0 Å². The summed E-state index contributed by atoms with van der Waals surface area (Å²) < 4.78 is 0. The van der Waals surface area contributed by atoms with E-state index in [4.69, 9.17) is 0 Å². The number of aliphatic imine (C=N–C) groups is 1. The van der Waals surface area contributed by atoms with Gasteiger partial charge in [0, 0.05) is 39.8 Å². The lowest BCUT2D eigenvalue weighted by molar-refractivity contribution is 0.273. The standard InChI is InChI=1S/C20H41N5.HI/c1-5-18(6-2)19-9-14-25(17-19)20(21-3)22-10-7-12-24-13-8-11-23(4)15-16-24;/h18-19H,5-17H2,1-4H3,(H,21,22);1H. The molecule has 2 saturated heterocycles. The molecule has 1 atom stereocenters. The molecule has 2 fully saturated rings. The fraction of sp³-hybridized carbons (Fsp3) is 0.950. The number of likely N-dealkylation sites (N-methyl/N-ethyl adjacent to an activating group) is 1. The van der Waals surface area contributed by atoms with Gasteiger partial charge in [-0.3, -0.25) is 4.99 Å². The largest absolute Gasteiger partial charge is 0.356 e. The maximum absolute atomic E-state index is 4.54. The number of guanidine groups is 1. The normalized spacial score (nSPS) is 23.2. The van der Waals surface area contributed by atoms with Gasteiger partial charge in [0.2, 0.25) is 0 Å². The average Bonchev–Trinajstić information content (AvgIpc) is 3.00. The van der Waals surface area contributed by atoms with Crippen LogP contribution in [0.4, 0.5) is 0 Å². The minimum absolute atomic E-state index is 0. The van der Waals surface area contributed by atoms with Crippen molar-refractivity contribution in [2.75, 3.05) is 66.5 Å². The Hall–Kier alpha value is -0.0800. The number of rotatable bonds is 7. The second kappa shape index (κ2) is 13.2. The van der Waals surface area contributed by atoms with Crippen LogP contribution in [0.3, 0.4) is 0 Å². The summed E-state index contributed by atoms with van der Waals surface area (Å²) in [5.41, 5.74) is 0. The van der Waals surface area contributed by atoms with E-state index < -0.39 is 0 Å². The topological polar surface area (TPSA) is 34.1 Å². The van der Waals surface area contributed by atoms with Crippen LogP contribution in [0.25, 0.3) is 0 Å². The van der Waals surface area contributed by atoms with E-state index in [1.165, 1.54) is 77.9 Å². The van der Waals surface area contributed by atoms with Crippen LogP contribution in [0.2, 0.25) is 0 Å². The third-order valence-corrected chi connectivity index (χ3v) is 6.20. The first-order chi connectivity index (χ1) is 12.2.